The Labute approximate surface area is 96.6 Å². The second kappa shape index (κ2) is 5.37. The number of ether oxygens (including phenoxy) is 1. The van der Waals surface area contributed by atoms with Gasteiger partial charge in [-0.2, -0.15) is 0 Å². The summed E-state index contributed by atoms with van der Waals surface area (Å²) in [6, 6.07) is 9.59. The molecule has 0 amide bonds. The summed E-state index contributed by atoms with van der Waals surface area (Å²) in [7, 11) is 0. The van der Waals surface area contributed by atoms with Crippen molar-refractivity contribution in [1.29, 1.82) is 0 Å². The topological polar surface area (TPSA) is 26.3 Å². The molecule has 0 radical (unpaired) electrons. The molecule has 84 valence electrons. The van der Waals surface area contributed by atoms with E-state index in [4.69, 9.17) is 4.74 Å². The molecule has 1 rings (SSSR count). The summed E-state index contributed by atoms with van der Waals surface area (Å²) in [6.45, 7) is 5.70. The third kappa shape index (κ3) is 3.43. The van der Waals surface area contributed by atoms with Crippen LogP contribution in [-0.4, -0.2) is 12.6 Å². The zero-order chi connectivity index (χ0) is 12.0. The number of rotatable bonds is 2. The van der Waals surface area contributed by atoms with Crippen LogP contribution in [-0.2, 0) is 9.53 Å². The Bertz CT molecular complexity index is 407. The SMILES string of the molecule is CCOC(=O)C(C)(C)C#Cc1ccccc1. The predicted octanol–water partition coefficient (Wildman–Crippen LogP) is 2.63. The first-order valence-corrected chi connectivity index (χ1v) is 5.31. The fraction of sp³-hybridized carbons (Fsp3) is 0.357. The summed E-state index contributed by atoms with van der Waals surface area (Å²) < 4.78 is 4.95. The first-order valence-electron chi connectivity index (χ1n) is 5.31. The molecule has 0 aliphatic carbocycles. The van der Waals surface area contributed by atoms with Gasteiger partial charge in [-0.25, -0.2) is 0 Å². The molecule has 0 saturated carbocycles. The molecule has 0 unspecified atom stereocenters. The van der Waals surface area contributed by atoms with E-state index < -0.39 is 5.41 Å². The highest BCUT2D eigenvalue weighted by molar-refractivity contribution is 5.79. The van der Waals surface area contributed by atoms with Crippen molar-refractivity contribution >= 4 is 5.97 Å². The van der Waals surface area contributed by atoms with Crippen LogP contribution in [0.1, 0.15) is 26.3 Å². The fourth-order valence-electron chi connectivity index (χ4n) is 1.11. The van der Waals surface area contributed by atoms with E-state index in [2.05, 4.69) is 11.8 Å². The minimum atomic E-state index is -0.758. The molecule has 0 N–H and O–H groups in total. The molecule has 0 fully saturated rings. The van der Waals surface area contributed by atoms with Crippen molar-refractivity contribution in [3.63, 3.8) is 0 Å². The lowest BCUT2D eigenvalue weighted by Gasteiger charge is -2.14. The minimum absolute atomic E-state index is 0.279. The van der Waals surface area contributed by atoms with Gasteiger partial charge in [0.05, 0.1) is 6.61 Å². The van der Waals surface area contributed by atoms with E-state index in [9.17, 15) is 4.79 Å². The maximum atomic E-state index is 11.6. The molecule has 16 heavy (non-hydrogen) atoms. The van der Waals surface area contributed by atoms with E-state index in [1.807, 2.05) is 30.3 Å². The maximum absolute atomic E-state index is 11.6. The Kier molecular flexibility index (Phi) is 4.13. The molecule has 0 heterocycles. The zero-order valence-electron chi connectivity index (χ0n) is 9.91. The predicted molar refractivity (Wildman–Crippen MR) is 63.7 cm³/mol. The summed E-state index contributed by atoms with van der Waals surface area (Å²) in [5, 5.41) is 0. The quantitative estimate of drug-likeness (QED) is 0.561. The van der Waals surface area contributed by atoms with Crippen molar-refractivity contribution in [2.75, 3.05) is 6.61 Å². The largest absolute Gasteiger partial charge is 0.465 e. The highest BCUT2D eigenvalue weighted by Crippen LogP contribution is 2.16. The Morgan fingerprint density at radius 3 is 2.50 bits per heavy atom. The number of benzene rings is 1. The molecule has 2 heteroatoms. The smallest absolute Gasteiger partial charge is 0.323 e. The fourth-order valence-corrected chi connectivity index (χ4v) is 1.11. The van der Waals surface area contributed by atoms with Crippen LogP contribution in [0.4, 0.5) is 0 Å². The van der Waals surface area contributed by atoms with E-state index in [0.29, 0.717) is 6.61 Å². The van der Waals surface area contributed by atoms with Crippen LogP contribution in [0.5, 0.6) is 0 Å². The minimum Gasteiger partial charge on any atom is -0.465 e. The van der Waals surface area contributed by atoms with Crippen molar-refractivity contribution in [3.8, 4) is 11.8 Å². The van der Waals surface area contributed by atoms with Crippen molar-refractivity contribution < 1.29 is 9.53 Å². The lowest BCUT2D eigenvalue weighted by Crippen LogP contribution is -2.24. The van der Waals surface area contributed by atoms with Crippen molar-refractivity contribution in [1.82, 2.24) is 0 Å². The number of carbonyl (C=O) groups is 1. The molecule has 1 aromatic carbocycles. The molecule has 0 aromatic heterocycles. The Balaban J connectivity index is 2.80. The number of hydrogen-bond acceptors (Lipinski definition) is 2. The number of hydrogen-bond donors (Lipinski definition) is 0. The van der Waals surface area contributed by atoms with Gasteiger partial charge in [-0.15, -0.1) is 0 Å². The summed E-state index contributed by atoms with van der Waals surface area (Å²) in [5.74, 6) is 5.63. The first-order chi connectivity index (χ1) is 7.56. The molecule has 2 nitrogen and oxygen atoms in total. The van der Waals surface area contributed by atoms with E-state index in [1.54, 1.807) is 20.8 Å². The highest BCUT2D eigenvalue weighted by Gasteiger charge is 2.26. The first kappa shape index (κ1) is 12.3. The molecule has 0 bridgehead atoms. The van der Waals surface area contributed by atoms with Crippen LogP contribution in [0.25, 0.3) is 0 Å². The molecule has 0 saturated heterocycles. The van der Waals surface area contributed by atoms with Crippen LogP contribution in [0.15, 0.2) is 30.3 Å². The Morgan fingerprint density at radius 2 is 1.94 bits per heavy atom. The van der Waals surface area contributed by atoms with Crippen LogP contribution >= 0.6 is 0 Å². The number of carbonyl (C=O) groups excluding carboxylic acids is 1. The van der Waals surface area contributed by atoms with E-state index in [1.165, 1.54) is 0 Å². The molecule has 1 aromatic rings. The summed E-state index contributed by atoms with van der Waals surface area (Å²) in [6.07, 6.45) is 0. The van der Waals surface area contributed by atoms with Gasteiger partial charge in [0.2, 0.25) is 0 Å². The van der Waals surface area contributed by atoms with Crippen molar-refractivity contribution in [2.24, 2.45) is 5.41 Å². The van der Waals surface area contributed by atoms with Gasteiger partial charge in [-0.05, 0) is 32.9 Å². The summed E-state index contributed by atoms with van der Waals surface area (Å²) in [4.78, 5) is 11.6. The van der Waals surface area contributed by atoms with E-state index >= 15 is 0 Å². The summed E-state index contributed by atoms with van der Waals surface area (Å²) in [5.41, 5.74) is 0.145. The lowest BCUT2D eigenvalue weighted by atomic mass is 9.94. The van der Waals surface area contributed by atoms with Gasteiger partial charge in [0.15, 0.2) is 0 Å². The second-order valence-electron chi connectivity index (χ2n) is 3.96. The molecule has 0 atom stereocenters. The van der Waals surface area contributed by atoms with Gasteiger partial charge in [0.25, 0.3) is 0 Å². The van der Waals surface area contributed by atoms with Crippen LogP contribution in [0, 0.1) is 17.3 Å². The average molecular weight is 216 g/mol. The average Bonchev–Trinajstić information content (AvgIpc) is 2.28. The van der Waals surface area contributed by atoms with Gasteiger partial charge in [0.1, 0.15) is 5.41 Å². The molecular weight excluding hydrogens is 200 g/mol. The Hall–Kier alpha value is -1.75. The standard InChI is InChI=1S/C14H16O2/c1-4-16-13(15)14(2,3)11-10-12-8-6-5-7-9-12/h5-9H,4H2,1-3H3. The molecular formula is C14H16O2. The van der Waals surface area contributed by atoms with E-state index in [0.717, 1.165) is 5.56 Å². The van der Waals surface area contributed by atoms with Crippen molar-refractivity contribution in [2.45, 2.75) is 20.8 Å². The van der Waals surface area contributed by atoms with Gasteiger partial charge >= 0.3 is 5.97 Å². The highest BCUT2D eigenvalue weighted by atomic mass is 16.5. The Morgan fingerprint density at radius 1 is 1.31 bits per heavy atom. The monoisotopic (exact) mass is 216 g/mol. The third-order valence-corrected chi connectivity index (χ3v) is 2.08. The molecule has 0 aliphatic rings. The van der Waals surface area contributed by atoms with Gasteiger partial charge in [-0.1, -0.05) is 30.0 Å². The van der Waals surface area contributed by atoms with Crippen LogP contribution < -0.4 is 0 Å². The molecule has 0 aliphatic heterocycles. The molecule has 0 spiro atoms. The normalized spacial score (nSPS) is 10.2. The van der Waals surface area contributed by atoms with Crippen LogP contribution in [0.3, 0.4) is 0 Å². The van der Waals surface area contributed by atoms with E-state index in [-0.39, 0.29) is 5.97 Å². The summed E-state index contributed by atoms with van der Waals surface area (Å²) >= 11 is 0. The van der Waals surface area contributed by atoms with Crippen LogP contribution in [0.2, 0.25) is 0 Å². The van der Waals surface area contributed by atoms with Gasteiger partial charge in [-0.3, -0.25) is 4.79 Å². The maximum Gasteiger partial charge on any atom is 0.323 e. The second-order valence-corrected chi connectivity index (χ2v) is 3.96. The van der Waals surface area contributed by atoms with Gasteiger partial charge in [0, 0.05) is 5.56 Å². The lowest BCUT2D eigenvalue weighted by molar-refractivity contribution is -0.150. The number of esters is 1. The van der Waals surface area contributed by atoms with Crippen molar-refractivity contribution in [3.05, 3.63) is 35.9 Å². The van der Waals surface area contributed by atoms with Gasteiger partial charge < -0.3 is 4.74 Å². The zero-order valence-corrected chi connectivity index (χ0v) is 9.91. The third-order valence-electron chi connectivity index (χ3n) is 2.08.